The zero-order chi connectivity index (χ0) is 21.6. The molecule has 5 nitrogen and oxygen atoms in total. The highest BCUT2D eigenvalue weighted by atomic mass is 35.5. The van der Waals surface area contributed by atoms with Crippen molar-refractivity contribution in [3.8, 4) is 11.5 Å². The zero-order valence-corrected chi connectivity index (χ0v) is 18.5. The van der Waals surface area contributed by atoms with Crippen LogP contribution < -0.4 is 9.47 Å². The van der Waals surface area contributed by atoms with E-state index < -0.39 is 17.6 Å². The van der Waals surface area contributed by atoms with Crippen molar-refractivity contribution in [2.24, 2.45) is 0 Å². The normalized spacial score (nSPS) is 13.8. The summed E-state index contributed by atoms with van der Waals surface area (Å²) in [7, 11) is 0. The monoisotopic (exact) mass is 462 g/mol. The van der Waals surface area contributed by atoms with Crippen molar-refractivity contribution in [2.45, 2.75) is 31.5 Å². The summed E-state index contributed by atoms with van der Waals surface area (Å²) in [5.41, 5.74) is 1.48. The minimum absolute atomic E-state index is 0.00187. The van der Waals surface area contributed by atoms with Crippen molar-refractivity contribution in [3.63, 3.8) is 0 Å². The fourth-order valence-corrected chi connectivity index (χ4v) is 3.35. The van der Waals surface area contributed by atoms with Gasteiger partial charge in [0.15, 0.2) is 5.75 Å². The van der Waals surface area contributed by atoms with E-state index >= 15 is 0 Å². The van der Waals surface area contributed by atoms with Gasteiger partial charge in [-0.1, -0.05) is 49.2 Å². The summed E-state index contributed by atoms with van der Waals surface area (Å²) < 4.78 is 11.0. The number of benzene rings is 2. The van der Waals surface area contributed by atoms with Crippen LogP contribution in [0.4, 0.5) is 0 Å². The number of hydrogen-bond acceptors (Lipinski definition) is 5. The summed E-state index contributed by atoms with van der Waals surface area (Å²) in [5, 5.41) is 28.5. The lowest BCUT2D eigenvalue weighted by atomic mass is 9.78. The molecule has 0 heterocycles. The first-order chi connectivity index (χ1) is 13.7. The van der Waals surface area contributed by atoms with Crippen LogP contribution in [0.3, 0.4) is 0 Å². The number of aliphatic hydroxyl groups is 3. The molecule has 0 saturated carbocycles. The molecule has 2 aromatic carbocycles. The van der Waals surface area contributed by atoms with E-state index in [4.69, 9.17) is 49.4 Å². The lowest BCUT2D eigenvalue weighted by Crippen LogP contribution is -2.22. The molecular weight excluding hydrogens is 439 g/mol. The smallest absolute Gasteiger partial charge is 0.156 e. The Morgan fingerprint density at radius 1 is 0.897 bits per heavy atom. The number of alkyl halides is 1. The fraction of sp³-hybridized carbons (Fsp3) is 0.429. The lowest BCUT2D eigenvalue weighted by Gasteiger charge is -2.27. The molecule has 2 rings (SSSR count). The minimum Gasteiger partial charge on any atom is -0.491 e. The van der Waals surface area contributed by atoms with E-state index in [1.54, 1.807) is 24.3 Å². The Bertz CT molecular complexity index is 772. The number of aliphatic hydroxyl groups excluding tert-OH is 3. The van der Waals surface area contributed by atoms with E-state index in [1.807, 2.05) is 26.0 Å². The van der Waals surface area contributed by atoms with Gasteiger partial charge in [-0.15, -0.1) is 11.6 Å². The third-order valence-corrected chi connectivity index (χ3v) is 5.47. The van der Waals surface area contributed by atoms with Gasteiger partial charge in [-0.2, -0.15) is 0 Å². The van der Waals surface area contributed by atoms with E-state index in [9.17, 15) is 10.2 Å². The molecule has 0 aliphatic carbocycles. The first kappa shape index (κ1) is 24.1. The van der Waals surface area contributed by atoms with Crippen LogP contribution in [0.5, 0.6) is 11.5 Å². The third kappa shape index (κ3) is 6.38. The highest BCUT2D eigenvalue weighted by molar-refractivity contribution is 6.37. The molecule has 0 bridgehead atoms. The molecule has 2 unspecified atom stereocenters. The van der Waals surface area contributed by atoms with Gasteiger partial charge < -0.3 is 24.8 Å². The Labute approximate surface area is 185 Å². The van der Waals surface area contributed by atoms with Gasteiger partial charge in [0.2, 0.25) is 0 Å². The van der Waals surface area contributed by atoms with Crippen molar-refractivity contribution in [3.05, 3.63) is 57.6 Å². The summed E-state index contributed by atoms with van der Waals surface area (Å²) in [4.78, 5) is 0. The van der Waals surface area contributed by atoms with Crippen molar-refractivity contribution in [2.75, 3.05) is 25.7 Å². The highest BCUT2D eigenvalue weighted by Crippen LogP contribution is 2.40. The van der Waals surface area contributed by atoms with Crippen molar-refractivity contribution in [1.82, 2.24) is 0 Å². The molecule has 0 spiro atoms. The molecule has 0 fully saturated rings. The van der Waals surface area contributed by atoms with E-state index in [0.717, 1.165) is 11.1 Å². The molecule has 0 aliphatic heterocycles. The maximum Gasteiger partial charge on any atom is 0.156 e. The van der Waals surface area contributed by atoms with Gasteiger partial charge in [-0.25, -0.2) is 0 Å². The second-order valence-electron chi connectivity index (χ2n) is 7.18. The topological polar surface area (TPSA) is 79.2 Å². The minimum atomic E-state index is -0.915. The molecule has 0 amide bonds. The molecule has 2 atom stereocenters. The number of halogens is 3. The van der Waals surface area contributed by atoms with Gasteiger partial charge in [-0.05, 0) is 35.4 Å². The maximum atomic E-state index is 9.56. The van der Waals surface area contributed by atoms with E-state index in [1.165, 1.54) is 0 Å². The highest BCUT2D eigenvalue weighted by Gasteiger charge is 2.26. The van der Waals surface area contributed by atoms with Crippen LogP contribution in [0.2, 0.25) is 10.0 Å². The van der Waals surface area contributed by atoms with E-state index in [2.05, 4.69) is 0 Å². The van der Waals surface area contributed by atoms with Crippen molar-refractivity contribution in [1.29, 1.82) is 0 Å². The molecule has 29 heavy (non-hydrogen) atoms. The Kier molecular flexibility index (Phi) is 8.89. The Morgan fingerprint density at radius 3 is 1.97 bits per heavy atom. The summed E-state index contributed by atoms with van der Waals surface area (Å²) >= 11 is 18.3. The molecule has 0 aliphatic rings. The van der Waals surface area contributed by atoms with E-state index in [-0.39, 0.29) is 25.7 Å². The SMILES string of the molecule is CC(C)(c1ccc(OCC(O)CO)cc1)c1cc(Cl)c(OCC(O)CCl)c(Cl)c1. The fourth-order valence-electron chi connectivity index (χ4n) is 2.66. The third-order valence-electron chi connectivity index (χ3n) is 4.55. The van der Waals surface area contributed by atoms with Gasteiger partial charge in [-0.3, -0.25) is 0 Å². The van der Waals surface area contributed by atoms with Crippen LogP contribution in [0.25, 0.3) is 0 Å². The van der Waals surface area contributed by atoms with Gasteiger partial charge in [0.25, 0.3) is 0 Å². The Morgan fingerprint density at radius 2 is 1.45 bits per heavy atom. The van der Waals surface area contributed by atoms with Gasteiger partial charge in [0.05, 0.1) is 22.5 Å². The molecule has 160 valence electrons. The summed E-state index contributed by atoms with van der Waals surface area (Å²) in [5.74, 6) is 0.955. The molecule has 3 N–H and O–H groups in total. The van der Waals surface area contributed by atoms with Gasteiger partial charge in [0, 0.05) is 5.41 Å². The average Bonchev–Trinajstić information content (AvgIpc) is 2.71. The van der Waals surface area contributed by atoms with Crippen LogP contribution >= 0.6 is 34.8 Å². The Hall–Kier alpha value is -1.21. The predicted molar refractivity (Wildman–Crippen MR) is 116 cm³/mol. The first-order valence-corrected chi connectivity index (χ1v) is 10.4. The summed E-state index contributed by atoms with van der Waals surface area (Å²) in [6.45, 7) is 3.75. The van der Waals surface area contributed by atoms with Crippen LogP contribution in [0, 0.1) is 0 Å². The van der Waals surface area contributed by atoms with Crippen LogP contribution in [-0.2, 0) is 5.41 Å². The number of ether oxygens (including phenoxy) is 2. The van der Waals surface area contributed by atoms with Crippen molar-refractivity contribution < 1.29 is 24.8 Å². The quantitative estimate of drug-likeness (QED) is 0.464. The zero-order valence-electron chi connectivity index (χ0n) is 16.2. The lowest BCUT2D eigenvalue weighted by molar-refractivity contribution is 0.0536. The second-order valence-corrected chi connectivity index (χ2v) is 8.31. The van der Waals surface area contributed by atoms with E-state index in [0.29, 0.717) is 21.5 Å². The second kappa shape index (κ2) is 10.7. The molecule has 0 saturated heterocycles. The van der Waals surface area contributed by atoms with Crippen LogP contribution in [-0.4, -0.2) is 53.2 Å². The molecular formula is C21H25Cl3O5. The predicted octanol–water partition coefficient (Wildman–Crippen LogP) is 4.03. The van der Waals surface area contributed by atoms with Crippen LogP contribution in [0.1, 0.15) is 25.0 Å². The number of hydrogen-bond donors (Lipinski definition) is 3. The van der Waals surface area contributed by atoms with Crippen LogP contribution in [0.15, 0.2) is 36.4 Å². The Balaban J connectivity index is 2.19. The standard InChI is InChI=1S/C21H25Cl3O5/c1-21(2,13-3-5-17(6-4-13)28-12-16(27)10-25)14-7-18(23)20(19(24)8-14)29-11-15(26)9-22/h3-8,15-16,25-27H,9-12H2,1-2H3. The summed E-state index contributed by atoms with van der Waals surface area (Å²) in [6, 6.07) is 11.0. The first-order valence-electron chi connectivity index (χ1n) is 9.07. The van der Waals surface area contributed by atoms with Crippen molar-refractivity contribution >= 4 is 34.8 Å². The summed E-state index contributed by atoms with van der Waals surface area (Å²) in [6.07, 6.45) is -1.72. The maximum absolute atomic E-state index is 9.56. The van der Waals surface area contributed by atoms with Gasteiger partial charge >= 0.3 is 0 Å². The van der Waals surface area contributed by atoms with Gasteiger partial charge in [0.1, 0.15) is 31.2 Å². The number of rotatable bonds is 10. The average molecular weight is 464 g/mol. The molecule has 2 aromatic rings. The molecule has 0 radical (unpaired) electrons. The molecule has 0 aromatic heterocycles. The molecule has 8 heteroatoms. The largest absolute Gasteiger partial charge is 0.491 e.